The Kier molecular flexibility index (Phi) is 3.93. The number of methoxy groups -OCH3 is 2. The van der Waals surface area contributed by atoms with E-state index in [4.69, 9.17) is 9.47 Å². The number of aromatic nitrogens is 1. The van der Waals surface area contributed by atoms with Crippen LogP contribution in [0.15, 0.2) is 42.6 Å². The molecule has 0 aliphatic carbocycles. The predicted molar refractivity (Wildman–Crippen MR) is 87.1 cm³/mol. The molecular weight excluding hydrogens is 300 g/mol. The quantitative estimate of drug-likeness (QED) is 0.800. The summed E-state index contributed by atoms with van der Waals surface area (Å²) in [6.45, 7) is 0. The lowest BCUT2D eigenvalue weighted by atomic mass is 10.1. The molecule has 0 spiro atoms. The molecule has 112 valence electrons. The smallest absolute Gasteiger partial charge is 0.255 e. The largest absolute Gasteiger partial charge is 0.497 e. The van der Waals surface area contributed by atoms with Gasteiger partial charge in [0.15, 0.2) is 0 Å². The van der Waals surface area contributed by atoms with Crippen molar-refractivity contribution in [1.29, 1.82) is 0 Å². The van der Waals surface area contributed by atoms with E-state index in [1.807, 2.05) is 18.2 Å². The minimum Gasteiger partial charge on any atom is -0.497 e. The number of nitrogens with one attached hydrogen (secondary N) is 1. The summed E-state index contributed by atoms with van der Waals surface area (Å²) in [5.74, 6) is 0.920. The van der Waals surface area contributed by atoms with Crippen LogP contribution in [0.5, 0.6) is 11.5 Å². The molecule has 0 radical (unpaired) electrons. The van der Waals surface area contributed by atoms with Gasteiger partial charge in [-0.05, 0) is 41.9 Å². The molecule has 3 rings (SSSR count). The lowest BCUT2D eigenvalue weighted by Gasteiger charge is -2.09. The number of carbonyl (C=O) groups is 1. The second-order valence-corrected chi connectivity index (χ2v) is 5.47. The van der Waals surface area contributed by atoms with Crippen LogP contribution in [0, 0.1) is 0 Å². The fraction of sp³-hybridized carbons (Fsp3) is 0.125. The molecule has 0 aliphatic rings. The third kappa shape index (κ3) is 2.87. The number of carbonyl (C=O) groups excluding carboxylic acids is 1. The molecule has 22 heavy (non-hydrogen) atoms. The van der Waals surface area contributed by atoms with Gasteiger partial charge in [-0.3, -0.25) is 4.79 Å². The Morgan fingerprint density at radius 3 is 2.50 bits per heavy atom. The predicted octanol–water partition coefficient (Wildman–Crippen LogP) is 3.57. The van der Waals surface area contributed by atoms with Crippen LogP contribution < -0.4 is 14.8 Å². The molecule has 3 aromatic rings. The topological polar surface area (TPSA) is 60.5 Å². The van der Waals surface area contributed by atoms with Crippen LogP contribution in [0.25, 0.3) is 10.1 Å². The van der Waals surface area contributed by atoms with Crippen LogP contribution >= 0.6 is 11.5 Å². The molecule has 1 heterocycles. The van der Waals surface area contributed by atoms with Crippen LogP contribution in [0.1, 0.15) is 10.4 Å². The molecule has 0 bridgehead atoms. The first kappa shape index (κ1) is 14.3. The van der Waals surface area contributed by atoms with Crippen molar-refractivity contribution in [3.63, 3.8) is 0 Å². The van der Waals surface area contributed by atoms with E-state index in [0.717, 1.165) is 15.8 Å². The van der Waals surface area contributed by atoms with Crippen molar-refractivity contribution in [2.75, 3.05) is 19.5 Å². The summed E-state index contributed by atoms with van der Waals surface area (Å²) in [6, 6.07) is 10.8. The fourth-order valence-electron chi connectivity index (χ4n) is 2.09. The van der Waals surface area contributed by atoms with E-state index in [0.29, 0.717) is 17.1 Å². The summed E-state index contributed by atoms with van der Waals surface area (Å²) in [6.07, 6.45) is 1.78. The highest BCUT2D eigenvalue weighted by atomic mass is 32.1. The highest BCUT2D eigenvalue weighted by Crippen LogP contribution is 2.25. The summed E-state index contributed by atoms with van der Waals surface area (Å²) in [4.78, 5) is 12.4. The average molecular weight is 314 g/mol. The summed E-state index contributed by atoms with van der Waals surface area (Å²) < 4.78 is 15.6. The highest BCUT2D eigenvalue weighted by molar-refractivity contribution is 7.13. The van der Waals surface area contributed by atoms with E-state index >= 15 is 0 Å². The van der Waals surface area contributed by atoms with Gasteiger partial charge in [0.2, 0.25) is 0 Å². The molecule has 1 amide bonds. The molecule has 0 atom stereocenters. The molecule has 0 saturated heterocycles. The first-order valence-electron chi connectivity index (χ1n) is 6.58. The Labute approximate surface area is 131 Å². The van der Waals surface area contributed by atoms with E-state index in [-0.39, 0.29) is 5.91 Å². The Morgan fingerprint density at radius 2 is 1.82 bits per heavy atom. The number of fused-ring (bicyclic) bond motifs is 1. The van der Waals surface area contributed by atoms with E-state index < -0.39 is 0 Å². The number of rotatable bonds is 4. The van der Waals surface area contributed by atoms with Crippen molar-refractivity contribution in [2.45, 2.75) is 0 Å². The summed E-state index contributed by atoms with van der Waals surface area (Å²) >= 11 is 1.43. The number of ether oxygens (including phenoxy) is 2. The monoisotopic (exact) mass is 314 g/mol. The Hall–Kier alpha value is -2.60. The zero-order valence-corrected chi connectivity index (χ0v) is 12.9. The van der Waals surface area contributed by atoms with Crippen molar-refractivity contribution < 1.29 is 14.3 Å². The van der Waals surface area contributed by atoms with Gasteiger partial charge >= 0.3 is 0 Å². The van der Waals surface area contributed by atoms with Crippen LogP contribution in [0.4, 0.5) is 5.69 Å². The maximum Gasteiger partial charge on any atom is 0.255 e. The molecule has 2 aromatic carbocycles. The molecule has 0 aliphatic heterocycles. The van der Waals surface area contributed by atoms with E-state index in [9.17, 15) is 4.79 Å². The van der Waals surface area contributed by atoms with Crippen LogP contribution in [0.2, 0.25) is 0 Å². The Balaban J connectivity index is 1.87. The van der Waals surface area contributed by atoms with E-state index in [1.54, 1.807) is 38.6 Å². The first-order valence-corrected chi connectivity index (χ1v) is 7.36. The third-order valence-corrected chi connectivity index (χ3v) is 4.00. The van der Waals surface area contributed by atoms with Gasteiger partial charge in [0, 0.05) is 28.9 Å². The SMILES string of the molecule is COc1cc(OC)cc(C(=O)Nc2ccc3sncc3c2)c1. The van der Waals surface area contributed by atoms with E-state index in [2.05, 4.69) is 9.69 Å². The molecular formula is C16H14N2O3S. The van der Waals surface area contributed by atoms with Crippen molar-refractivity contribution in [3.05, 3.63) is 48.2 Å². The zero-order valence-electron chi connectivity index (χ0n) is 12.1. The zero-order chi connectivity index (χ0) is 15.5. The second-order valence-electron chi connectivity index (χ2n) is 4.63. The molecule has 5 nitrogen and oxygen atoms in total. The summed E-state index contributed by atoms with van der Waals surface area (Å²) in [5, 5.41) is 3.88. The highest BCUT2D eigenvalue weighted by Gasteiger charge is 2.10. The number of amides is 1. The van der Waals surface area contributed by atoms with Gasteiger partial charge < -0.3 is 14.8 Å². The van der Waals surface area contributed by atoms with Crippen LogP contribution in [-0.4, -0.2) is 24.5 Å². The second kappa shape index (κ2) is 6.03. The lowest BCUT2D eigenvalue weighted by Crippen LogP contribution is -2.12. The molecule has 6 heteroatoms. The average Bonchev–Trinajstić information content (AvgIpc) is 3.01. The number of benzene rings is 2. The number of hydrogen-bond donors (Lipinski definition) is 1. The Bertz CT molecular complexity index is 807. The maximum absolute atomic E-state index is 12.4. The molecule has 0 unspecified atom stereocenters. The van der Waals surface area contributed by atoms with E-state index in [1.165, 1.54) is 11.5 Å². The standard InChI is InChI=1S/C16H14N2O3S/c1-20-13-6-10(7-14(8-13)21-2)16(19)18-12-3-4-15-11(5-12)9-17-22-15/h3-9H,1-2H3,(H,18,19). The number of anilines is 1. The van der Waals surface area contributed by atoms with Crippen LogP contribution in [0.3, 0.4) is 0 Å². The maximum atomic E-state index is 12.4. The van der Waals surface area contributed by atoms with Gasteiger partial charge in [-0.1, -0.05) is 0 Å². The van der Waals surface area contributed by atoms with Crippen molar-refractivity contribution in [2.24, 2.45) is 0 Å². The molecule has 0 saturated carbocycles. The number of hydrogen-bond acceptors (Lipinski definition) is 5. The van der Waals surface area contributed by atoms with Gasteiger partial charge in [0.1, 0.15) is 11.5 Å². The van der Waals surface area contributed by atoms with Crippen molar-refractivity contribution in [1.82, 2.24) is 4.37 Å². The normalized spacial score (nSPS) is 10.5. The van der Waals surface area contributed by atoms with Gasteiger partial charge in [-0.25, -0.2) is 0 Å². The third-order valence-electron chi connectivity index (χ3n) is 3.22. The van der Waals surface area contributed by atoms with Crippen molar-refractivity contribution in [3.8, 4) is 11.5 Å². The molecule has 0 fully saturated rings. The fourth-order valence-corrected chi connectivity index (χ4v) is 2.72. The Morgan fingerprint density at radius 1 is 1.09 bits per heavy atom. The number of nitrogens with zero attached hydrogens (tertiary/aromatic N) is 1. The van der Waals surface area contributed by atoms with Crippen LogP contribution in [-0.2, 0) is 0 Å². The molecule has 1 aromatic heterocycles. The van der Waals surface area contributed by atoms with Gasteiger partial charge in [0.05, 0.1) is 18.9 Å². The van der Waals surface area contributed by atoms with Gasteiger partial charge in [-0.2, -0.15) is 4.37 Å². The minimum absolute atomic E-state index is 0.222. The van der Waals surface area contributed by atoms with Crippen molar-refractivity contribution >= 4 is 33.2 Å². The van der Waals surface area contributed by atoms with Gasteiger partial charge in [0.25, 0.3) is 5.91 Å². The first-order chi connectivity index (χ1) is 10.7. The minimum atomic E-state index is -0.222. The van der Waals surface area contributed by atoms with Gasteiger partial charge in [-0.15, -0.1) is 0 Å². The molecule has 1 N–H and O–H groups in total. The summed E-state index contributed by atoms with van der Waals surface area (Å²) in [7, 11) is 3.10. The summed E-state index contributed by atoms with van der Waals surface area (Å²) in [5.41, 5.74) is 1.19. The lowest BCUT2D eigenvalue weighted by molar-refractivity contribution is 0.102.